The van der Waals surface area contributed by atoms with Crippen molar-refractivity contribution >= 4 is 23.2 Å². The SMILES string of the molecule is CC1(C)CCN(C(C)(C)C)C=C1C(=O)Nc1ccc(NC(=O)C2=CN(C(C)(C)C)CCC2(C)C)cc1. The van der Waals surface area contributed by atoms with Gasteiger partial charge in [-0.15, -0.1) is 0 Å². The van der Waals surface area contributed by atoms with Crippen LogP contribution in [0, 0.1) is 10.8 Å². The molecular formula is C30H46N4O2. The molecule has 1 aromatic carbocycles. The van der Waals surface area contributed by atoms with Crippen molar-refractivity contribution in [3.05, 3.63) is 47.8 Å². The lowest BCUT2D eigenvalue weighted by Gasteiger charge is -2.43. The van der Waals surface area contributed by atoms with Crippen molar-refractivity contribution in [3.63, 3.8) is 0 Å². The van der Waals surface area contributed by atoms with Gasteiger partial charge in [0, 0.05) is 59.1 Å². The number of benzene rings is 1. The van der Waals surface area contributed by atoms with Gasteiger partial charge in [-0.1, -0.05) is 27.7 Å². The molecule has 0 radical (unpaired) electrons. The van der Waals surface area contributed by atoms with Crippen molar-refractivity contribution in [1.29, 1.82) is 0 Å². The molecule has 2 aliphatic rings. The molecule has 2 N–H and O–H groups in total. The van der Waals surface area contributed by atoms with E-state index in [0.29, 0.717) is 11.4 Å². The molecule has 6 heteroatoms. The topological polar surface area (TPSA) is 64.7 Å². The van der Waals surface area contributed by atoms with Gasteiger partial charge in [-0.2, -0.15) is 0 Å². The van der Waals surface area contributed by atoms with Crippen LogP contribution < -0.4 is 10.6 Å². The van der Waals surface area contributed by atoms with Crippen molar-refractivity contribution in [2.24, 2.45) is 10.8 Å². The third kappa shape index (κ3) is 6.32. The van der Waals surface area contributed by atoms with Crippen molar-refractivity contribution < 1.29 is 9.59 Å². The fourth-order valence-corrected chi connectivity index (χ4v) is 4.68. The summed E-state index contributed by atoms with van der Waals surface area (Å²) in [7, 11) is 0. The van der Waals surface area contributed by atoms with E-state index in [1.165, 1.54) is 0 Å². The first-order chi connectivity index (χ1) is 16.4. The van der Waals surface area contributed by atoms with Gasteiger partial charge in [0.05, 0.1) is 0 Å². The van der Waals surface area contributed by atoms with Gasteiger partial charge in [0.2, 0.25) is 0 Å². The Bertz CT molecular complexity index is 965. The average molecular weight is 495 g/mol. The van der Waals surface area contributed by atoms with E-state index in [2.05, 4.69) is 89.7 Å². The third-order valence-electron chi connectivity index (χ3n) is 7.60. The lowest BCUT2D eigenvalue weighted by Crippen LogP contribution is -2.45. The summed E-state index contributed by atoms with van der Waals surface area (Å²) in [6.45, 7) is 23.3. The van der Waals surface area contributed by atoms with Gasteiger partial charge in [0.15, 0.2) is 0 Å². The highest BCUT2D eigenvalue weighted by Gasteiger charge is 2.37. The second kappa shape index (κ2) is 9.60. The molecule has 2 heterocycles. The maximum atomic E-state index is 13.2. The van der Waals surface area contributed by atoms with Gasteiger partial charge in [-0.3, -0.25) is 9.59 Å². The summed E-state index contributed by atoms with van der Waals surface area (Å²) in [5.74, 6) is -0.163. The minimum Gasteiger partial charge on any atom is -0.372 e. The maximum Gasteiger partial charge on any atom is 0.253 e. The van der Waals surface area contributed by atoms with Gasteiger partial charge in [-0.05, 0) is 89.5 Å². The van der Waals surface area contributed by atoms with Crippen LogP contribution in [0.15, 0.2) is 47.8 Å². The summed E-state index contributed by atoms with van der Waals surface area (Å²) < 4.78 is 0. The lowest BCUT2D eigenvalue weighted by molar-refractivity contribution is -0.115. The molecule has 0 bridgehead atoms. The van der Waals surface area contributed by atoms with Crippen LogP contribution in [0.1, 0.15) is 82.1 Å². The predicted octanol–water partition coefficient (Wildman–Crippen LogP) is 6.39. The molecule has 0 spiro atoms. The minimum absolute atomic E-state index is 0.0336. The highest BCUT2D eigenvalue weighted by molar-refractivity contribution is 6.06. The van der Waals surface area contributed by atoms with Crippen LogP contribution in [0.3, 0.4) is 0 Å². The monoisotopic (exact) mass is 494 g/mol. The molecule has 0 unspecified atom stereocenters. The minimum atomic E-state index is -0.193. The largest absolute Gasteiger partial charge is 0.372 e. The van der Waals surface area contributed by atoms with E-state index in [0.717, 1.165) is 37.1 Å². The molecule has 6 nitrogen and oxygen atoms in total. The number of carbonyl (C=O) groups excluding carboxylic acids is 2. The normalized spacial score (nSPS) is 19.8. The number of rotatable bonds is 4. The predicted molar refractivity (Wildman–Crippen MR) is 150 cm³/mol. The second-order valence-corrected chi connectivity index (χ2v) is 13.6. The van der Waals surface area contributed by atoms with Gasteiger partial charge in [0.1, 0.15) is 0 Å². The molecule has 3 rings (SSSR count). The van der Waals surface area contributed by atoms with E-state index in [-0.39, 0.29) is 33.7 Å². The standard InChI is InChI=1S/C30H46N4O2/c1-27(2,3)33-17-15-29(7,8)23(19-33)25(35)31-21-11-13-22(14-12-21)32-26(36)24-20-34(28(4,5)6)18-16-30(24,9)10/h11-14,19-20H,15-18H2,1-10H3,(H,31,35)(H,32,36). The maximum absolute atomic E-state index is 13.2. The van der Waals surface area contributed by atoms with Crippen LogP contribution in [-0.4, -0.2) is 45.8 Å². The first-order valence-corrected chi connectivity index (χ1v) is 13.1. The van der Waals surface area contributed by atoms with Crippen molar-refractivity contribution in [2.75, 3.05) is 23.7 Å². The Labute approximate surface area is 218 Å². The lowest BCUT2D eigenvalue weighted by atomic mass is 9.78. The Morgan fingerprint density at radius 1 is 0.667 bits per heavy atom. The van der Waals surface area contributed by atoms with Crippen LogP contribution in [0.5, 0.6) is 0 Å². The van der Waals surface area contributed by atoms with Gasteiger partial charge in [0.25, 0.3) is 11.8 Å². The van der Waals surface area contributed by atoms with Crippen molar-refractivity contribution in [3.8, 4) is 0 Å². The highest BCUT2D eigenvalue weighted by Crippen LogP contribution is 2.38. The van der Waals surface area contributed by atoms with Gasteiger partial charge >= 0.3 is 0 Å². The Balaban J connectivity index is 1.72. The Hall–Kier alpha value is -2.76. The van der Waals surface area contributed by atoms with Crippen molar-refractivity contribution in [2.45, 2.75) is 93.2 Å². The molecule has 0 atom stereocenters. The molecule has 2 amide bonds. The zero-order valence-electron chi connectivity index (χ0n) is 24.0. The average Bonchev–Trinajstić information content (AvgIpc) is 2.72. The molecule has 0 saturated carbocycles. The number of nitrogens with one attached hydrogen (secondary N) is 2. The van der Waals surface area contributed by atoms with Gasteiger partial charge < -0.3 is 20.4 Å². The van der Waals surface area contributed by atoms with E-state index in [1.807, 2.05) is 36.7 Å². The van der Waals surface area contributed by atoms with Crippen LogP contribution in [0.25, 0.3) is 0 Å². The molecule has 0 aliphatic carbocycles. The smallest absolute Gasteiger partial charge is 0.253 e. The first kappa shape index (κ1) is 27.8. The molecule has 198 valence electrons. The summed E-state index contributed by atoms with van der Waals surface area (Å²) in [5.41, 5.74) is 2.54. The van der Waals surface area contributed by atoms with E-state index in [4.69, 9.17) is 0 Å². The van der Waals surface area contributed by atoms with E-state index in [9.17, 15) is 9.59 Å². The summed E-state index contributed by atoms with van der Waals surface area (Å²) in [6.07, 6.45) is 5.89. The van der Waals surface area contributed by atoms with Crippen LogP contribution in [0.2, 0.25) is 0 Å². The van der Waals surface area contributed by atoms with E-state index < -0.39 is 0 Å². The molecule has 0 fully saturated rings. The quantitative estimate of drug-likeness (QED) is 0.509. The molecule has 0 saturated heterocycles. The van der Waals surface area contributed by atoms with Crippen LogP contribution >= 0.6 is 0 Å². The number of hydrogen-bond acceptors (Lipinski definition) is 4. The molecule has 36 heavy (non-hydrogen) atoms. The number of nitrogens with zero attached hydrogens (tertiary/aromatic N) is 2. The summed E-state index contributed by atoms with van der Waals surface area (Å²) >= 11 is 0. The molecule has 2 aliphatic heterocycles. The number of carbonyl (C=O) groups is 2. The Morgan fingerprint density at radius 3 is 1.25 bits per heavy atom. The number of hydrogen-bond donors (Lipinski definition) is 2. The molecule has 1 aromatic rings. The van der Waals surface area contributed by atoms with E-state index >= 15 is 0 Å². The zero-order valence-corrected chi connectivity index (χ0v) is 24.0. The molecular weight excluding hydrogens is 448 g/mol. The van der Waals surface area contributed by atoms with Crippen molar-refractivity contribution in [1.82, 2.24) is 9.80 Å². The van der Waals surface area contributed by atoms with E-state index in [1.54, 1.807) is 0 Å². The summed E-state index contributed by atoms with van der Waals surface area (Å²) in [6, 6.07) is 7.36. The van der Waals surface area contributed by atoms with Crippen LogP contribution in [0.4, 0.5) is 11.4 Å². The fraction of sp³-hybridized carbons (Fsp3) is 0.600. The molecule has 0 aromatic heterocycles. The fourth-order valence-electron chi connectivity index (χ4n) is 4.68. The first-order valence-electron chi connectivity index (χ1n) is 13.1. The highest BCUT2D eigenvalue weighted by atomic mass is 16.2. The third-order valence-corrected chi connectivity index (χ3v) is 7.60. The Kier molecular flexibility index (Phi) is 7.42. The Morgan fingerprint density at radius 2 is 0.972 bits per heavy atom. The summed E-state index contributed by atoms with van der Waals surface area (Å²) in [5, 5.41) is 6.11. The second-order valence-electron chi connectivity index (χ2n) is 13.6. The summed E-state index contributed by atoms with van der Waals surface area (Å²) in [4.78, 5) is 30.9. The van der Waals surface area contributed by atoms with Gasteiger partial charge in [-0.25, -0.2) is 0 Å². The van der Waals surface area contributed by atoms with Crippen LogP contribution in [-0.2, 0) is 9.59 Å². The zero-order chi connectivity index (χ0) is 27.1. The number of amides is 2. The number of anilines is 2.